The van der Waals surface area contributed by atoms with Crippen LogP contribution in [0.5, 0.6) is 0 Å². The quantitative estimate of drug-likeness (QED) is 0.699. The number of hydrogen-bond acceptors (Lipinski definition) is 6. The van der Waals surface area contributed by atoms with Crippen molar-refractivity contribution in [2.45, 2.75) is 57.8 Å². The third-order valence-electron chi connectivity index (χ3n) is 6.54. The van der Waals surface area contributed by atoms with E-state index in [1.807, 2.05) is 38.2 Å². The molecule has 1 fully saturated rings. The first kappa shape index (κ1) is 21.5. The van der Waals surface area contributed by atoms with Crippen molar-refractivity contribution in [3.8, 4) is 11.3 Å². The molecule has 0 aromatic carbocycles. The van der Waals surface area contributed by atoms with Crippen LogP contribution in [0.1, 0.15) is 62.3 Å². The first-order chi connectivity index (χ1) is 15.0. The van der Waals surface area contributed by atoms with E-state index in [4.69, 9.17) is 9.51 Å². The van der Waals surface area contributed by atoms with E-state index in [-0.39, 0.29) is 11.8 Å². The fraction of sp³-hybridized carbons (Fsp3) is 0.583. The molecule has 2 aromatic heterocycles. The zero-order valence-corrected chi connectivity index (χ0v) is 18.8. The molecular formula is C24H33N5O2. The van der Waals surface area contributed by atoms with Gasteiger partial charge >= 0.3 is 0 Å². The molecule has 0 bridgehead atoms. The van der Waals surface area contributed by atoms with E-state index < -0.39 is 0 Å². The van der Waals surface area contributed by atoms with Crippen molar-refractivity contribution < 1.29 is 9.32 Å². The summed E-state index contributed by atoms with van der Waals surface area (Å²) in [5.74, 6) is 2.71. The van der Waals surface area contributed by atoms with Crippen molar-refractivity contribution in [1.82, 2.24) is 20.4 Å². The average Bonchev–Trinajstić information content (AvgIpc) is 3.24. The number of hydrogen-bond donors (Lipinski definition) is 1. The predicted octanol–water partition coefficient (Wildman–Crippen LogP) is 4.25. The number of rotatable bonds is 6. The van der Waals surface area contributed by atoms with Gasteiger partial charge < -0.3 is 14.7 Å². The van der Waals surface area contributed by atoms with Gasteiger partial charge in [0.2, 0.25) is 11.9 Å². The molecule has 0 spiro atoms. The molecule has 1 amide bonds. The van der Waals surface area contributed by atoms with Crippen LogP contribution in [0, 0.1) is 18.8 Å². The van der Waals surface area contributed by atoms with Crippen LogP contribution in [0.15, 0.2) is 28.9 Å². The predicted molar refractivity (Wildman–Crippen MR) is 121 cm³/mol. The van der Waals surface area contributed by atoms with Crippen molar-refractivity contribution in [2.24, 2.45) is 11.8 Å². The molecule has 1 N–H and O–H groups in total. The van der Waals surface area contributed by atoms with Crippen LogP contribution >= 0.6 is 0 Å². The molecule has 0 unspecified atom stereocenters. The summed E-state index contributed by atoms with van der Waals surface area (Å²) in [4.78, 5) is 23.8. The number of carbonyl (C=O) groups excluding carboxylic acids is 1. The van der Waals surface area contributed by atoms with Gasteiger partial charge in [0.25, 0.3) is 0 Å². The summed E-state index contributed by atoms with van der Waals surface area (Å²) in [5.41, 5.74) is 2.84. The number of amides is 1. The fourth-order valence-electron chi connectivity index (χ4n) is 4.65. The molecule has 1 atom stereocenters. The summed E-state index contributed by atoms with van der Waals surface area (Å²) < 4.78 is 5.53. The number of nitrogens with zero attached hydrogens (tertiary/aromatic N) is 4. The fourth-order valence-corrected chi connectivity index (χ4v) is 4.65. The molecule has 2 aromatic rings. The van der Waals surface area contributed by atoms with E-state index in [9.17, 15) is 4.79 Å². The van der Waals surface area contributed by atoms with Crippen LogP contribution in [0.25, 0.3) is 11.3 Å². The summed E-state index contributed by atoms with van der Waals surface area (Å²) in [6.07, 6.45) is 13.3. The molecule has 7 heteroatoms. The zero-order chi connectivity index (χ0) is 21.8. The molecule has 2 heterocycles. The van der Waals surface area contributed by atoms with Gasteiger partial charge in [0.05, 0.1) is 17.0 Å². The summed E-state index contributed by atoms with van der Waals surface area (Å²) in [5, 5.41) is 7.26. The third kappa shape index (κ3) is 5.14. The minimum Gasteiger partial charge on any atom is -0.356 e. The van der Waals surface area contributed by atoms with Crippen molar-refractivity contribution in [3.63, 3.8) is 0 Å². The Kier molecular flexibility index (Phi) is 6.68. The van der Waals surface area contributed by atoms with Crippen LogP contribution in [0.3, 0.4) is 0 Å². The molecule has 0 saturated heterocycles. The second kappa shape index (κ2) is 9.62. The van der Waals surface area contributed by atoms with Crippen LogP contribution in [-0.4, -0.2) is 41.7 Å². The van der Waals surface area contributed by atoms with Gasteiger partial charge in [0, 0.05) is 44.7 Å². The summed E-state index contributed by atoms with van der Waals surface area (Å²) in [6.45, 7) is 2.71. The molecule has 7 nitrogen and oxygen atoms in total. The standard InChI is InChI=1S/C24H33N5O2/c1-16-13-21(31-28-16)20-15-26-24(29(2)3)27-22(20)18-11-9-17(10-12-18)14-25-23(30)19-7-5-4-6-8-19/h4-5,13,15,17-19H,6-12,14H2,1-3H3,(H,25,30)/t17?,18?,19-/m1/s1. The van der Waals surface area contributed by atoms with Crippen LogP contribution in [-0.2, 0) is 4.79 Å². The van der Waals surface area contributed by atoms with E-state index in [2.05, 4.69) is 27.6 Å². The summed E-state index contributed by atoms with van der Waals surface area (Å²) in [7, 11) is 3.91. The number of anilines is 1. The van der Waals surface area contributed by atoms with Crippen LogP contribution < -0.4 is 10.2 Å². The first-order valence-corrected chi connectivity index (χ1v) is 11.4. The molecule has 4 rings (SSSR count). The second-order valence-corrected chi connectivity index (χ2v) is 9.14. The third-order valence-corrected chi connectivity index (χ3v) is 6.54. The van der Waals surface area contributed by atoms with Crippen molar-refractivity contribution in [3.05, 3.63) is 35.8 Å². The van der Waals surface area contributed by atoms with Crippen LogP contribution in [0.4, 0.5) is 5.95 Å². The molecular weight excluding hydrogens is 390 g/mol. The van der Waals surface area contributed by atoms with Gasteiger partial charge in [0.1, 0.15) is 0 Å². The largest absolute Gasteiger partial charge is 0.356 e. The van der Waals surface area contributed by atoms with Gasteiger partial charge in [-0.3, -0.25) is 4.79 Å². The Morgan fingerprint density at radius 1 is 1.19 bits per heavy atom. The van der Waals surface area contributed by atoms with Crippen LogP contribution in [0.2, 0.25) is 0 Å². The summed E-state index contributed by atoms with van der Waals surface area (Å²) >= 11 is 0. The number of aryl methyl sites for hydroxylation is 1. The highest BCUT2D eigenvalue weighted by Gasteiger charge is 2.28. The molecule has 1 saturated carbocycles. The average molecular weight is 424 g/mol. The van der Waals surface area contributed by atoms with Crippen molar-refractivity contribution in [2.75, 3.05) is 25.5 Å². The van der Waals surface area contributed by atoms with Crippen molar-refractivity contribution >= 4 is 11.9 Å². The molecule has 0 radical (unpaired) electrons. The lowest BCUT2D eigenvalue weighted by Crippen LogP contribution is -2.35. The Balaban J connectivity index is 1.40. The van der Waals surface area contributed by atoms with Gasteiger partial charge in [-0.25, -0.2) is 9.97 Å². The topological polar surface area (TPSA) is 84.2 Å². The highest BCUT2D eigenvalue weighted by Crippen LogP contribution is 2.39. The summed E-state index contributed by atoms with van der Waals surface area (Å²) in [6, 6.07) is 1.94. The number of carbonyl (C=O) groups is 1. The lowest BCUT2D eigenvalue weighted by Gasteiger charge is -2.30. The van der Waals surface area contributed by atoms with E-state index >= 15 is 0 Å². The van der Waals surface area contributed by atoms with Crippen molar-refractivity contribution in [1.29, 1.82) is 0 Å². The molecule has 0 aliphatic heterocycles. The highest BCUT2D eigenvalue weighted by molar-refractivity contribution is 5.79. The van der Waals surface area contributed by atoms with E-state index in [0.29, 0.717) is 17.8 Å². The minimum absolute atomic E-state index is 0.153. The molecule has 166 valence electrons. The van der Waals surface area contributed by atoms with Gasteiger partial charge in [-0.1, -0.05) is 17.3 Å². The number of aromatic nitrogens is 3. The Morgan fingerprint density at radius 3 is 2.65 bits per heavy atom. The monoisotopic (exact) mass is 423 g/mol. The number of allylic oxidation sites excluding steroid dienone is 2. The van der Waals surface area contributed by atoms with E-state index in [1.54, 1.807) is 0 Å². The molecule has 31 heavy (non-hydrogen) atoms. The zero-order valence-electron chi connectivity index (χ0n) is 18.8. The minimum atomic E-state index is 0.153. The normalized spacial score (nSPS) is 23.5. The van der Waals surface area contributed by atoms with Gasteiger partial charge in [-0.15, -0.1) is 0 Å². The lowest BCUT2D eigenvalue weighted by molar-refractivity contribution is -0.125. The Bertz CT molecular complexity index is 928. The van der Waals surface area contributed by atoms with Gasteiger partial charge in [-0.05, 0) is 57.8 Å². The van der Waals surface area contributed by atoms with E-state index in [1.165, 1.54) is 0 Å². The number of nitrogens with one attached hydrogen (secondary N) is 1. The van der Waals surface area contributed by atoms with Gasteiger partial charge in [-0.2, -0.15) is 0 Å². The highest BCUT2D eigenvalue weighted by atomic mass is 16.5. The molecule has 2 aliphatic carbocycles. The lowest BCUT2D eigenvalue weighted by atomic mass is 9.79. The Hall–Kier alpha value is -2.70. The molecule has 2 aliphatic rings. The maximum atomic E-state index is 12.4. The maximum absolute atomic E-state index is 12.4. The Morgan fingerprint density at radius 2 is 2.00 bits per heavy atom. The van der Waals surface area contributed by atoms with Gasteiger partial charge in [0.15, 0.2) is 5.76 Å². The van der Waals surface area contributed by atoms with E-state index in [0.717, 1.165) is 74.2 Å². The SMILES string of the molecule is Cc1cc(-c2cnc(N(C)C)nc2C2CCC(CNC(=O)[C@@H]3CC=CCC3)CC2)on1. The smallest absolute Gasteiger partial charge is 0.225 e. The first-order valence-electron chi connectivity index (χ1n) is 11.4. The Labute approximate surface area is 184 Å². The second-order valence-electron chi connectivity index (χ2n) is 9.14. The maximum Gasteiger partial charge on any atom is 0.225 e.